The Hall–Kier alpha value is -2.77. The van der Waals surface area contributed by atoms with Crippen LogP contribution in [0.15, 0.2) is 82.7 Å². The Morgan fingerprint density at radius 3 is 2.17 bits per heavy atom. The molecule has 0 atom stereocenters. The lowest BCUT2D eigenvalue weighted by atomic mass is 10.0. The molecule has 0 fully saturated rings. The molecule has 2 aromatic heterocycles. The fourth-order valence-electron chi connectivity index (χ4n) is 2.90. The van der Waals surface area contributed by atoms with Crippen LogP contribution in [0.4, 0.5) is 0 Å². The van der Waals surface area contributed by atoms with E-state index in [1.54, 1.807) is 12.4 Å². The van der Waals surface area contributed by atoms with Crippen molar-refractivity contribution >= 4 is 33.5 Å². The van der Waals surface area contributed by atoms with Crippen molar-refractivity contribution in [1.82, 2.24) is 19.7 Å². The minimum Gasteiger partial charge on any atom is -0.305 e. The van der Waals surface area contributed by atoms with Crippen molar-refractivity contribution < 1.29 is 4.79 Å². The van der Waals surface area contributed by atoms with Crippen LogP contribution < -0.4 is 0 Å². The second kappa shape index (κ2) is 8.71. The number of hydrogen-bond acceptors (Lipinski definition) is 5. The van der Waals surface area contributed by atoms with E-state index in [-0.39, 0.29) is 5.78 Å². The Bertz CT molecular complexity index is 1130. The smallest absolute Gasteiger partial charge is 0.191 e. The van der Waals surface area contributed by atoms with Gasteiger partial charge in [-0.15, -0.1) is 10.2 Å². The van der Waals surface area contributed by atoms with E-state index >= 15 is 0 Å². The van der Waals surface area contributed by atoms with Gasteiger partial charge in [0.2, 0.25) is 0 Å². The first-order valence-electron chi connectivity index (χ1n) is 8.93. The molecule has 0 saturated heterocycles. The van der Waals surface area contributed by atoms with Crippen LogP contribution in [0.5, 0.6) is 0 Å². The highest BCUT2D eigenvalue weighted by Gasteiger charge is 2.14. The fourth-order valence-corrected chi connectivity index (χ4v) is 3.97. The molecule has 7 heteroatoms. The quantitative estimate of drug-likeness (QED) is 0.286. The summed E-state index contributed by atoms with van der Waals surface area (Å²) in [6.45, 7) is 0. The molecule has 2 aromatic carbocycles. The number of Topliss-reactive ketones (excluding diaryl/α,β-unsaturated/α-hetero) is 1. The zero-order valence-electron chi connectivity index (χ0n) is 15.6. The average molecular weight is 465 g/mol. The SMILES string of the molecule is Cn1c(SCC(=O)c2ccc(-c3ccc(Br)cc3)cc2)nnc1-c1ccncc1. The van der Waals surface area contributed by atoms with Gasteiger partial charge in [-0.25, -0.2) is 0 Å². The van der Waals surface area contributed by atoms with Crippen LogP contribution in [0.3, 0.4) is 0 Å². The van der Waals surface area contributed by atoms with Crippen LogP contribution in [-0.4, -0.2) is 31.3 Å². The molecular weight excluding hydrogens is 448 g/mol. The monoisotopic (exact) mass is 464 g/mol. The fraction of sp³-hybridized carbons (Fsp3) is 0.0909. The van der Waals surface area contributed by atoms with Gasteiger partial charge >= 0.3 is 0 Å². The predicted octanol–water partition coefficient (Wildman–Crippen LogP) is 5.28. The summed E-state index contributed by atoms with van der Waals surface area (Å²) in [5, 5.41) is 9.16. The number of benzene rings is 2. The number of carbonyl (C=O) groups is 1. The van der Waals surface area contributed by atoms with Crippen LogP contribution in [0, 0.1) is 0 Å². The van der Waals surface area contributed by atoms with E-state index in [1.807, 2.05) is 72.3 Å². The first kappa shape index (κ1) is 19.5. The maximum atomic E-state index is 12.6. The molecule has 0 amide bonds. The van der Waals surface area contributed by atoms with Crippen LogP contribution in [0.2, 0.25) is 0 Å². The molecule has 0 aliphatic heterocycles. The van der Waals surface area contributed by atoms with E-state index in [1.165, 1.54) is 11.8 Å². The van der Waals surface area contributed by atoms with E-state index in [0.29, 0.717) is 16.5 Å². The summed E-state index contributed by atoms with van der Waals surface area (Å²) in [4.78, 5) is 16.6. The first-order chi connectivity index (χ1) is 14.1. The third-order valence-electron chi connectivity index (χ3n) is 4.49. The molecule has 0 aliphatic rings. The molecule has 29 heavy (non-hydrogen) atoms. The molecule has 0 saturated carbocycles. The lowest BCUT2D eigenvalue weighted by Gasteiger charge is -2.05. The summed E-state index contributed by atoms with van der Waals surface area (Å²) in [5.74, 6) is 1.12. The normalized spacial score (nSPS) is 10.8. The van der Waals surface area contributed by atoms with E-state index in [4.69, 9.17) is 0 Å². The summed E-state index contributed by atoms with van der Waals surface area (Å²) in [6.07, 6.45) is 3.44. The minimum atomic E-state index is 0.0609. The summed E-state index contributed by atoms with van der Waals surface area (Å²) in [5.41, 5.74) is 3.83. The topological polar surface area (TPSA) is 60.7 Å². The second-order valence-electron chi connectivity index (χ2n) is 6.40. The van der Waals surface area contributed by atoms with Gasteiger partial charge in [0.05, 0.1) is 5.75 Å². The standard InChI is InChI=1S/C22H17BrN4OS/c1-27-21(18-10-12-24-13-11-18)25-26-22(27)29-14-20(28)17-4-2-15(3-5-17)16-6-8-19(23)9-7-16/h2-13H,14H2,1H3. The molecule has 0 spiro atoms. The highest BCUT2D eigenvalue weighted by Crippen LogP contribution is 2.25. The van der Waals surface area contributed by atoms with Gasteiger partial charge in [-0.2, -0.15) is 0 Å². The minimum absolute atomic E-state index is 0.0609. The van der Waals surface area contributed by atoms with Gasteiger partial charge in [0.1, 0.15) is 0 Å². The predicted molar refractivity (Wildman–Crippen MR) is 119 cm³/mol. The maximum absolute atomic E-state index is 12.6. The Labute approximate surface area is 181 Å². The van der Waals surface area contributed by atoms with Gasteiger partial charge in [-0.3, -0.25) is 9.78 Å². The number of nitrogens with zero attached hydrogens (tertiary/aromatic N) is 4. The molecule has 0 radical (unpaired) electrons. The molecular formula is C22H17BrN4OS. The zero-order chi connectivity index (χ0) is 20.2. The van der Waals surface area contributed by atoms with Crippen molar-refractivity contribution in [3.8, 4) is 22.5 Å². The summed E-state index contributed by atoms with van der Waals surface area (Å²) < 4.78 is 2.94. The third kappa shape index (κ3) is 4.46. The Morgan fingerprint density at radius 1 is 0.897 bits per heavy atom. The third-order valence-corrected chi connectivity index (χ3v) is 6.04. The van der Waals surface area contributed by atoms with E-state index in [2.05, 4.69) is 31.1 Å². The summed E-state index contributed by atoms with van der Waals surface area (Å²) in [7, 11) is 1.90. The van der Waals surface area contributed by atoms with Gasteiger partial charge in [-0.1, -0.05) is 64.1 Å². The average Bonchev–Trinajstić information content (AvgIpc) is 3.13. The van der Waals surface area contributed by atoms with Crippen molar-refractivity contribution in [3.05, 3.63) is 83.1 Å². The van der Waals surface area contributed by atoms with Crippen molar-refractivity contribution in [2.45, 2.75) is 5.16 Å². The molecule has 0 unspecified atom stereocenters. The first-order valence-corrected chi connectivity index (χ1v) is 10.7. The Balaban J connectivity index is 1.42. The Morgan fingerprint density at radius 2 is 1.52 bits per heavy atom. The van der Waals surface area contributed by atoms with Crippen molar-refractivity contribution in [2.75, 3.05) is 5.75 Å². The number of halogens is 1. The summed E-state index contributed by atoms with van der Waals surface area (Å²) in [6, 6.07) is 19.6. The number of pyridine rings is 1. The number of ketones is 1. The second-order valence-corrected chi connectivity index (χ2v) is 8.26. The van der Waals surface area contributed by atoms with E-state index < -0.39 is 0 Å². The van der Waals surface area contributed by atoms with Gasteiger partial charge < -0.3 is 4.57 Å². The number of carbonyl (C=O) groups excluding carboxylic acids is 1. The van der Waals surface area contributed by atoms with Gasteiger partial charge in [-0.05, 0) is 35.4 Å². The number of hydrogen-bond donors (Lipinski definition) is 0. The van der Waals surface area contributed by atoms with Gasteiger partial charge in [0.25, 0.3) is 0 Å². The van der Waals surface area contributed by atoms with Crippen LogP contribution in [-0.2, 0) is 7.05 Å². The Kier molecular flexibility index (Phi) is 5.87. The molecule has 4 rings (SSSR count). The van der Waals surface area contributed by atoms with Crippen molar-refractivity contribution in [1.29, 1.82) is 0 Å². The number of aromatic nitrogens is 4. The largest absolute Gasteiger partial charge is 0.305 e. The van der Waals surface area contributed by atoms with Gasteiger partial charge in [0, 0.05) is 35.0 Å². The molecule has 4 aromatic rings. The molecule has 0 N–H and O–H groups in total. The van der Waals surface area contributed by atoms with Crippen LogP contribution in [0.25, 0.3) is 22.5 Å². The number of thioether (sulfide) groups is 1. The molecule has 0 aliphatic carbocycles. The van der Waals surface area contributed by atoms with Crippen molar-refractivity contribution in [2.24, 2.45) is 7.05 Å². The maximum Gasteiger partial charge on any atom is 0.191 e. The number of rotatable bonds is 6. The molecule has 0 bridgehead atoms. The van der Waals surface area contributed by atoms with E-state index in [9.17, 15) is 4.79 Å². The van der Waals surface area contributed by atoms with Crippen molar-refractivity contribution in [3.63, 3.8) is 0 Å². The lowest BCUT2D eigenvalue weighted by molar-refractivity contribution is 0.102. The van der Waals surface area contributed by atoms with Crippen LogP contribution in [0.1, 0.15) is 10.4 Å². The summed E-state index contributed by atoms with van der Waals surface area (Å²) >= 11 is 4.83. The van der Waals surface area contributed by atoms with Gasteiger partial charge in [0.15, 0.2) is 16.8 Å². The molecule has 2 heterocycles. The molecule has 5 nitrogen and oxygen atoms in total. The van der Waals surface area contributed by atoms with Crippen LogP contribution >= 0.6 is 27.7 Å². The lowest BCUT2D eigenvalue weighted by Crippen LogP contribution is -2.04. The van der Waals surface area contributed by atoms with E-state index in [0.717, 1.165) is 27.0 Å². The molecule has 144 valence electrons. The zero-order valence-corrected chi connectivity index (χ0v) is 18.0. The highest BCUT2D eigenvalue weighted by atomic mass is 79.9. The highest BCUT2D eigenvalue weighted by molar-refractivity contribution is 9.10.